The minimum Gasteiger partial charge on any atom is -0.744 e. The van der Waals surface area contributed by atoms with Crippen molar-refractivity contribution in [1.29, 1.82) is 0 Å². The fraction of sp³-hybridized carbons (Fsp3) is 0.400. The van der Waals surface area contributed by atoms with E-state index in [0.717, 1.165) is 5.56 Å². The molecule has 0 atom stereocenters. The molecule has 1 aromatic rings. The third-order valence-electron chi connectivity index (χ3n) is 2.01. The zero-order valence-corrected chi connectivity index (χ0v) is 12.0. The van der Waals surface area contributed by atoms with Gasteiger partial charge in [-0.15, -0.1) is 0 Å². The third-order valence-corrected chi connectivity index (χ3v) is 2.86. The van der Waals surface area contributed by atoms with E-state index in [2.05, 4.69) is 0 Å². The maximum absolute atomic E-state index is 10.6. The van der Waals surface area contributed by atoms with E-state index in [4.69, 9.17) is 0 Å². The molecule has 0 aromatic heterocycles. The molecule has 0 N–H and O–H groups in total. The van der Waals surface area contributed by atoms with Crippen LogP contribution in [0.25, 0.3) is 0 Å². The Labute approximate surface area is 123 Å². The minimum absolute atomic E-state index is 0. The van der Waals surface area contributed by atoms with E-state index >= 15 is 0 Å². The number of halogens is 3. The van der Waals surface area contributed by atoms with Crippen molar-refractivity contribution in [2.45, 2.75) is 31.1 Å². The summed E-state index contributed by atoms with van der Waals surface area (Å²) >= 11 is 0. The van der Waals surface area contributed by atoms with Crippen molar-refractivity contribution in [3.05, 3.63) is 29.8 Å². The normalized spacial score (nSPS) is 10.9. The van der Waals surface area contributed by atoms with E-state index in [1.54, 1.807) is 12.1 Å². The van der Waals surface area contributed by atoms with Crippen molar-refractivity contribution in [2.24, 2.45) is 0 Å². The molecule has 0 aliphatic rings. The van der Waals surface area contributed by atoms with Crippen LogP contribution in [0.4, 0.5) is 12.9 Å². The van der Waals surface area contributed by atoms with Crippen LogP contribution in [0.5, 0.6) is 0 Å². The Hall–Kier alpha value is -0.418. The van der Waals surface area contributed by atoms with E-state index < -0.39 is 17.7 Å². The molecule has 0 unspecified atom stereocenters. The minimum atomic E-state index is -4.32. The molecule has 0 radical (unpaired) electrons. The van der Waals surface area contributed by atoms with Gasteiger partial charge in [-0.25, -0.2) is 8.42 Å². The van der Waals surface area contributed by atoms with E-state index in [1.807, 2.05) is 20.8 Å². The first-order valence-electron chi connectivity index (χ1n) is 4.93. The van der Waals surface area contributed by atoms with Gasteiger partial charge in [-0.2, -0.15) is 0 Å². The van der Waals surface area contributed by atoms with E-state index in [-0.39, 0.29) is 29.2 Å². The van der Waals surface area contributed by atoms with Gasteiger partial charge in [0.05, 0.1) is 4.90 Å². The molecule has 19 heavy (non-hydrogen) atoms. The SMILES string of the molecule is CC(C)(C)c1ccc(S(=O)(=O)[O-])cc1.FB(F)F.[Li+]. The van der Waals surface area contributed by atoms with Gasteiger partial charge in [0.25, 0.3) is 0 Å². The maximum atomic E-state index is 10.6. The molecular weight excluding hydrogens is 275 g/mol. The van der Waals surface area contributed by atoms with E-state index in [0.29, 0.717) is 0 Å². The molecule has 1 rings (SSSR count). The monoisotopic (exact) mass is 288 g/mol. The van der Waals surface area contributed by atoms with Crippen molar-refractivity contribution in [1.82, 2.24) is 0 Å². The van der Waals surface area contributed by atoms with Gasteiger partial charge in [0.1, 0.15) is 10.1 Å². The smallest absolute Gasteiger partial charge is 0.744 e. The topological polar surface area (TPSA) is 57.2 Å². The van der Waals surface area contributed by atoms with Gasteiger partial charge in [-0.1, -0.05) is 32.9 Å². The zero-order chi connectivity index (χ0) is 14.6. The molecule has 9 heteroatoms. The van der Waals surface area contributed by atoms with Crippen LogP contribution in [0.15, 0.2) is 29.2 Å². The van der Waals surface area contributed by atoms with Crippen LogP contribution < -0.4 is 18.9 Å². The zero-order valence-electron chi connectivity index (χ0n) is 11.2. The standard InChI is InChI=1S/C10H14O3S.BF3.Li/c1-10(2,3)8-4-6-9(7-5-8)14(11,12)13;2-1(3)4;/h4-7H,1-3H3,(H,11,12,13);;/q;;+1/p-1. The Morgan fingerprint density at radius 2 is 1.37 bits per heavy atom. The van der Waals surface area contributed by atoms with Crippen molar-refractivity contribution in [3.8, 4) is 0 Å². The Kier molecular flexibility index (Phi) is 8.80. The van der Waals surface area contributed by atoms with Gasteiger partial charge < -0.3 is 4.55 Å². The molecule has 0 saturated carbocycles. The van der Waals surface area contributed by atoms with Gasteiger partial charge in [0, 0.05) is 0 Å². The second kappa shape index (κ2) is 8.00. The summed E-state index contributed by atoms with van der Waals surface area (Å²) in [4.78, 5) is -0.175. The molecule has 3 nitrogen and oxygen atoms in total. The third kappa shape index (κ3) is 9.17. The van der Waals surface area contributed by atoms with E-state index in [9.17, 15) is 25.9 Å². The fourth-order valence-corrected chi connectivity index (χ4v) is 1.59. The van der Waals surface area contributed by atoms with Crippen LogP contribution in [-0.4, -0.2) is 20.5 Å². The van der Waals surface area contributed by atoms with Crippen LogP contribution in [0.3, 0.4) is 0 Å². The predicted molar refractivity (Wildman–Crippen MR) is 62.2 cm³/mol. The molecule has 0 fully saturated rings. The maximum Gasteiger partial charge on any atom is 1.00 e. The number of benzene rings is 1. The number of hydrogen-bond acceptors (Lipinski definition) is 3. The van der Waals surface area contributed by atoms with Crippen molar-refractivity contribution < 1.29 is 44.8 Å². The molecule has 0 saturated heterocycles. The van der Waals surface area contributed by atoms with Crippen LogP contribution in [0.1, 0.15) is 26.3 Å². The first-order chi connectivity index (χ1) is 7.94. The molecular formula is C10H13BF3LiO3S. The summed E-state index contributed by atoms with van der Waals surface area (Å²) in [7, 11) is -7.98. The van der Waals surface area contributed by atoms with Crippen LogP contribution >= 0.6 is 0 Å². The first-order valence-corrected chi connectivity index (χ1v) is 6.34. The molecule has 0 aliphatic heterocycles. The average Bonchev–Trinajstić information content (AvgIpc) is 2.14. The Morgan fingerprint density at radius 3 is 1.58 bits per heavy atom. The molecule has 1 aromatic carbocycles. The van der Waals surface area contributed by atoms with Gasteiger partial charge in [0.2, 0.25) is 0 Å². The van der Waals surface area contributed by atoms with Gasteiger partial charge in [-0.3, -0.25) is 12.9 Å². The van der Waals surface area contributed by atoms with Crippen LogP contribution in [-0.2, 0) is 15.5 Å². The molecule has 0 spiro atoms. The molecule has 0 heterocycles. The summed E-state index contributed by atoms with van der Waals surface area (Å²) in [5.41, 5.74) is 0.968. The summed E-state index contributed by atoms with van der Waals surface area (Å²) in [6.07, 6.45) is 0. The Morgan fingerprint density at radius 1 is 1.05 bits per heavy atom. The molecule has 0 amide bonds. The average molecular weight is 288 g/mol. The predicted octanol–water partition coefficient (Wildman–Crippen LogP) is -0.228. The molecule has 0 bridgehead atoms. The summed E-state index contributed by atoms with van der Waals surface area (Å²) in [6.45, 7) is 6.06. The van der Waals surface area contributed by atoms with Crippen molar-refractivity contribution >= 4 is 17.7 Å². The summed E-state index contributed by atoms with van der Waals surface area (Å²) in [5, 5.41) is 0. The largest absolute Gasteiger partial charge is 1.00 e. The number of hydrogen-bond donors (Lipinski definition) is 0. The van der Waals surface area contributed by atoms with Crippen LogP contribution in [0.2, 0.25) is 0 Å². The van der Waals surface area contributed by atoms with Crippen LogP contribution in [0, 0.1) is 0 Å². The quantitative estimate of drug-likeness (QED) is 0.530. The van der Waals surface area contributed by atoms with Gasteiger partial charge >= 0.3 is 26.4 Å². The first kappa shape index (κ1) is 20.9. The summed E-state index contributed by atoms with van der Waals surface area (Å²) in [5.74, 6) is 0. The van der Waals surface area contributed by atoms with E-state index in [1.165, 1.54) is 12.1 Å². The summed E-state index contributed by atoms with van der Waals surface area (Å²) < 4.78 is 60.9. The number of rotatable bonds is 1. The van der Waals surface area contributed by atoms with Crippen molar-refractivity contribution in [2.75, 3.05) is 0 Å². The summed E-state index contributed by atoms with van der Waals surface area (Å²) in [6, 6.07) is 6.04. The molecule has 102 valence electrons. The second-order valence-electron chi connectivity index (χ2n) is 4.48. The van der Waals surface area contributed by atoms with Crippen molar-refractivity contribution in [3.63, 3.8) is 0 Å². The van der Waals surface area contributed by atoms with Gasteiger partial charge in [0.15, 0.2) is 0 Å². The second-order valence-corrected chi connectivity index (χ2v) is 5.86. The Balaban J connectivity index is 0. The molecule has 0 aliphatic carbocycles. The Bertz CT molecular complexity index is 469. The fourth-order valence-electron chi connectivity index (χ4n) is 1.12. The van der Waals surface area contributed by atoms with Gasteiger partial charge in [-0.05, 0) is 23.1 Å².